The molecule has 0 amide bonds. The Labute approximate surface area is 164 Å². The Morgan fingerprint density at radius 1 is 1.07 bits per heavy atom. The van der Waals surface area contributed by atoms with Crippen molar-refractivity contribution in [3.05, 3.63) is 59.8 Å². The van der Waals surface area contributed by atoms with Crippen LogP contribution in [0.25, 0.3) is 22.5 Å². The van der Waals surface area contributed by atoms with Gasteiger partial charge in [0.15, 0.2) is 5.76 Å². The van der Waals surface area contributed by atoms with Crippen LogP contribution in [0.1, 0.15) is 37.4 Å². The van der Waals surface area contributed by atoms with Crippen molar-refractivity contribution in [2.24, 2.45) is 0 Å². The smallest absolute Gasteiger partial charge is 0.316 e. The largest absolute Gasteiger partial charge is 0.465 e. The van der Waals surface area contributed by atoms with Crippen molar-refractivity contribution in [2.45, 2.75) is 38.5 Å². The van der Waals surface area contributed by atoms with Crippen LogP contribution in [0, 0.1) is 6.92 Å². The number of nitrogen functional groups attached to an aromatic ring is 1. The van der Waals surface area contributed by atoms with Gasteiger partial charge < -0.3 is 15.0 Å². The predicted octanol–water partition coefficient (Wildman–Crippen LogP) is 4.88. The number of rotatable bonds is 5. The lowest BCUT2D eigenvalue weighted by Gasteiger charge is -2.39. The lowest BCUT2D eigenvalue weighted by Crippen LogP contribution is -2.43. The number of ether oxygens (including phenoxy) is 1. The van der Waals surface area contributed by atoms with Gasteiger partial charge in [0.1, 0.15) is 11.4 Å². The molecule has 1 saturated carbocycles. The Balaban J connectivity index is 1.57. The van der Waals surface area contributed by atoms with Crippen LogP contribution < -0.4 is 5.73 Å². The van der Waals surface area contributed by atoms with Crippen molar-refractivity contribution in [1.82, 2.24) is 5.16 Å². The number of benzene rings is 2. The molecule has 4 rings (SSSR count). The molecule has 0 radical (unpaired) electrons. The van der Waals surface area contributed by atoms with Gasteiger partial charge in [-0.3, -0.25) is 4.79 Å². The molecule has 1 aliphatic rings. The number of anilines is 1. The second-order valence-corrected chi connectivity index (χ2v) is 7.32. The predicted molar refractivity (Wildman–Crippen MR) is 109 cm³/mol. The molecule has 28 heavy (non-hydrogen) atoms. The van der Waals surface area contributed by atoms with Gasteiger partial charge in [-0.25, -0.2) is 0 Å². The van der Waals surface area contributed by atoms with E-state index in [0.29, 0.717) is 23.7 Å². The van der Waals surface area contributed by atoms with Crippen molar-refractivity contribution >= 4 is 11.7 Å². The highest BCUT2D eigenvalue weighted by molar-refractivity contribution is 5.85. The first-order valence-corrected chi connectivity index (χ1v) is 9.65. The van der Waals surface area contributed by atoms with E-state index >= 15 is 0 Å². The maximum atomic E-state index is 12.5. The fraction of sp³-hybridized carbons (Fsp3) is 0.304. The molecule has 5 nitrogen and oxygen atoms in total. The van der Waals surface area contributed by atoms with E-state index in [1.165, 1.54) is 0 Å². The molecule has 0 saturated heterocycles. The number of esters is 1. The third-order valence-corrected chi connectivity index (χ3v) is 5.70. The fourth-order valence-corrected chi connectivity index (χ4v) is 3.79. The summed E-state index contributed by atoms with van der Waals surface area (Å²) in [6, 6.07) is 16.3. The summed E-state index contributed by atoms with van der Waals surface area (Å²) in [5.41, 5.74) is 10.9. The van der Waals surface area contributed by atoms with Gasteiger partial charge in [0.2, 0.25) is 0 Å². The topological polar surface area (TPSA) is 78.3 Å². The molecule has 0 bridgehead atoms. The van der Waals surface area contributed by atoms with Crippen LogP contribution in [0.15, 0.2) is 53.1 Å². The van der Waals surface area contributed by atoms with Crippen molar-refractivity contribution < 1.29 is 14.1 Å². The van der Waals surface area contributed by atoms with Crippen molar-refractivity contribution in [2.75, 3.05) is 12.3 Å². The Morgan fingerprint density at radius 2 is 1.64 bits per heavy atom. The molecule has 0 unspecified atom stereocenters. The van der Waals surface area contributed by atoms with Crippen LogP contribution >= 0.6 is 0 Å². The monoisotopic (exact) mass is 376 g/mol. The lowest BCUT2D eigenvalue weighted by molar-refractivity contribution is -0.153. The average molecular weight is 376 g/mol. The summed E-state index contributed by atoms with van der Waals surface area (Å²) in [5.74, 6) is 0.499. The minimum Gasteiger partial charge on any atom is -0.465 e. The summed E-state index contributed by atoms with van der Waals surface area (Å²) in [4.78, 5) is 12.5. The maximum absolute atomic E-state index is 12.5. The third kappa shape index (κ3) is 2.97. The molecule has 1 aliphatic carbocycles. The molecule has 1 fully saturated rings. The lowest BCUT2D eigenvalue weighted by atomic mass is 9.64. The number of aryl methyl sites for hydroxylation is 1. The van der Waals surface area contributed by atoms with Gasteiger partial charge in [-0.1, -0.05) is 60.1 Å². The molecule has 1 aromatic heterocycles. The number of aromatic nitrogens is 1. The van der Waals surface area contributed by atoms with Crippen LogP contribution in [-0.4, -0.2) is 17.7 Å². The van der Waals surface area contributed by atoms with Crippen LogP contribution in [-0.2, 0) is 14.9 Å². The Kier molecular flexibility index (Phi) is 4.67. The first kappa shape index (κ1) is 18.3. The van der Waals surface area contributed by atoms with E-state index in [9.17, 15) is 4.79 Å². The van der Waals surface area contributed by atoms with E-state index in [0.717, 1.165) is 41.5 Å². The zero-order valence-electron chi connectivity index (χ0n) is 16.2. The van der Waals surface area contributed by atoms with Gasteiger partial charge >= 0.3 is 5.97 Å². The Bertz CT molecular complexity index is 984. The highest BCUT2D eigenvalue weighted by Gasteiger charge is 2.46. The Morgan fingerprint density at radius 3 is 2.11 bits per heavy atom. The first-order chi connectivity index (χ1) is 13.5. The Hall–Kier alpha value is -3.08. The first-order valence-electron chi connectivity index (χ1n) is 9.65. The average Bonchev–Trinajstić information content (AvgIpc) is 3.01. The summed E-state index contributed by atoms with van der Waals surface area (Å²) in [5, 5.41) is 3.91. The molecule has 0 spiro atoms. The zero-order valence-corrected chi connectivity index (χ0v) is 16.2. The van der Waals surface area contributed by atoms with E-state index in [-0.39, 0.29) is 5.97 Å². The van der Waals surface area contributed by atoms with Crippen LogP contribution in [0.2, 0.25) is 0 Å². The summed E-state index contributed by atoms with van der Waals surface area (Å²) < 4.78 is 10.6. The molecule has 2 N–H and O–H groups in total. The number of carbonyl (C=O) groups excluding carboxylic acids is 1. The molecular formula is C23H24N2O3. The molecule has 0 aliphatic heterocycles. The van der Waals surface area contributed by atoms with Gasteiger partial charge in [0.25, 0.3) is 0 Å². The zero-order chi connectivity index (χ0) is 19.7. The standard InChI is InChI=1S/C23H24N2O3/c1-3-27-22(26)23(13-4-14-23)19-11-9-17(10-12-19)16-5-7-18(8-6-16)21-20(24)15(2)25-28-21/h5-12H,3-4,13-14,24H2,1-2H3. The van der Waals surface area contributed by atoms with Crippen molar-refractivity contribution in [3.8, 4) is 22.5 Å². The van der Waals surface area contributed by atoms with Crippen LogP contribution in [0.4, 0.5) is 5.69 Å². The van der Waals surface area contributed by atoms with Crippen LogP contribution in [0.3, 0.4) is 0 Å². The third-order valence-electron chi connectivity index (χ3n) is 5.70. The molecule has 3 aromatic rings. The van der Waals surface area contributed by atoms with Gasteiger partial charge in [0.05, 0.1) is 12.0 Å². The van der Waals surface area contributed by atoms with Gasteiger partial charge in [0, 0.05) is 5.56 Å². The molecule has 0 atom stereocenters. The van der Waals surface area contributed by atoms with Gasteiger partial charge in [-0.2, -0.15) is 0 Å². The second-order valence-electron chi connectivity index (χ2n) is 7.32. The fourth-order valence-electron chi connectivity index (χ4n) is 3.79. The molecule has 2 aromatic carbocycles. The minimum absolute atomic E-state index is 0.0988. The molecule has 5 heteroatoms. The van der Waals surface area contributed by atoms with Crippen molar-refractivity contribution in [3.63, 3.8) is 0 Å². The summed E-state index contributed by atoms with van der Waals surface area (Å²) in [6.07, 6.45) is 2.78. The highest BCUT2D eigenvalue weighted by Crippen LogP contribution is 2.45. The quantitative estimate of drug-likeness (QED) is 0.642. The normalized spacial score (nSPS) is 15.1. The summed E-state index contributed by atoms with van der Waals surface area (Å²) in [7, 11) is 0. The molecular weight excluding hydrogens is 352 g/mol. The summed E-state index contributed by atoms with van der Waals surface area (Å²) in [6.45, 7) is 4.09. The minimum atomic E-state index is -0.458. The number of nitrogens with two attached hydrogens (primary N) is 1. The second kappa shape index (κ2) is 7.15. The number of hydrogen-bond donors (Lipinski definition) is 1. The van der Waals surface area contributed by atoms with E-state index in [1.54, 1.807) is 0 Å². The maximum Gasteiger partial charge on any atom is 0.316 e. The van der Waals surface area contributed by atoms with Gasteiger partial charge in [-0.15, -0.1) is 0 Å². The van der Waals surface area contributed by atoms with E-state index in [2.05, 4.69) is 29.4 Å². The molecule has 1 heterocycles. The number of hydrogen-bond acceptors (Lipinski definition) is 5. The molecule has 144 valence electrons. The van der Waals surface area contributed by atoms with Crippen LogP contribution in [0.5, 0.6) is 0 Å². The van der Waals surface area contributed by atoms with Gasteiger partial charge in [-0.05, 0) is 43.4 Å². The van der Waals surface area contributed by atoms with E-state index in [4.69, 9.17) is 15.0 Å². The summed E-state index contributed by atoms with van der Waals surface area (Å²) >= 11 is 0. The SMILES string of the molecule is CCOC(=O)C1(c2ccc(-c3ccc(-c4onc(C)c4N)cc3)cc2)CCC1. The number of carbonyl (C=O) groups is 1. The highest BCUT2D eigenvalue weighted by atomic mass is 16.5. The van der Waals surface area contributed by atoms with E-state index < -0.39 is 5.41 Å². The van der Waals surface area contributed by atoms with E-state index in [1.807, 2.05) is 38.1 Å². The van der Waals surface area contributed by atoms with Crippen molar-refractivity contribution in [1.29, 1.82) is 0 Å². The number of nitrogens with zero attached hydrogens (tertiary/aromatic N) is 1.